The van der Waals surface area contributed by atoms with Gasteiger partial charge in [0.05, 0.1) is 16.2 Å². The lowest BCUT2D eigenvalue weighted by molar-refractivity contribution is -0.122. The van der Waals surface area contributed by atoms with Gasteiger partial charge < -0.3 is 10.6 Å². The Kier molecular flexibility index (Phi) is 4.06. The van der Waals surface area contributed by atoms with E-state index in [0.717, 1.165) is 25.5 Å². The van der Waals surface area contributed by atoms with Crippen molar-refractivity contribution in [3.63, 3.8) is 0 Å². The summed E-state index contributed by atoms with van der Waals surface area (Å²) in [7, 11) is 0. The molecule has 1 aliphatic heterocycles. The van der Waals surface area contributed by atoms with Crippen LogP contribution >= 0.6 is 11.6 Å². The first kappa shape index (κ1) is 14.2. The molecule has 1 aromatic rings. The van der Waals surface area contributed by atoms with Gasteiger partial charge in [0.25, 0.3) is 0 Å². The van der Waals surface area contributed by atoms with E-state index < -0.39 is 17.2 Å². The molecule has 1 saturated heterocycles. The second kappa shape index (κ2) is 5.43. The van der Waals surface area contributed by atoms with Gasteiger partial charge in [-0.05, 0) is 38.8 Å². The summed E-state index contributed by atoms with van der Waals surface area (Å²) in [5.74, 6) is -2.01. The Morgan fingerprint density at radius 3 is 2.74 bits per heavy atom. The number of carbonyl (C=O) groups excluding carboxylic acids is 1. The molecular formula is C13H15ClF2N2O. The van der Waals surface area contributed by atoms with Gasteiger partial charge in [0.2, 0.25) is 5.91 Å². The van der Waals surface area contributed by atoms with Gasteiger partial charge in [-0.15, -0.1) is 0 Å². The highest BCUT2D eigenvalue weighted by Crippen LogP contribution is 2.28. The average molecular weight is 289 g/mol. The maximum absolute atomic E-state index is 13.6. The van der Waals surface area contributed by atoms with Crippen LogP contribution < -0.4 is 10.6 Å². The molecule has 19 heavy (non-hydrogen) atoms. The summed E-state index contributed by atoms with van der Waals surface area (Å²) >= 11 is 5.75. The third-order valence-corrected chi connectivity index (χ3v) is 3.66. The number of rotatable bonds is 2. The molecule has 1 atom stereocenters. The fourth-order valence-corrected chi connectivity index (χ4v) is 2.40. The van der Waals surface area contributed by atoms with Crippen LogP contribution in [0.25, 0.3) is 0 Å². The van der Waals surface area contributed by atoms with Crippen LogP contribution in [-0.4, -0.2) is 18.0 Å². The number of hydrogen-bond acceptors (Lipinski definition) is 2. The minimum absolute atomic E-state index is 0.148. The zero-order valence-electron chi connectivity index (χ0n) is 10.5. The standard InChI is InChI=1S/C13H15ClF2N2O/c1-13(4-2-3-5-17-13)12(19)18-11-9(14)6-8(15)7-10(11)16/h6-7,17H,2-5H2,1H3,(H,18,19). The maximum atomic E-state index is 13.6. The first-order valence-electron chi connectivity index (χ1n) is 6.13. The van der Waals surface area contributed by atoms with E-state index in [9.17, 15) is 13.6 Å². The molecule has 1 amide bonds. The predicted octanol–water partition coefficient (Wildman–Crippen LogP) is 3.09. The van der Waals surface area contributed by atoms with E-state index in [1.54, 1.807) is 6.92 Å². The number of piperidine rings is 1. The van der Waals surface area contributed by atoms with Gasteiger partial charge in [0, 0.05) is 6.07 Å². The molecule has 1 aliphatic rings. The molecule has 1 aromatic carbocycles. The van der Waals surface area contributed by atoms with Gasteiger partial charge in [-0.2, -0.15) is 0 Å². The van der Waals surface area contributed by atoms with Crippen molar-refractivity contribution < 1.29 is 13.6 Å². The number of benzene rings is 1. The van der Waals surface area contributed by atoms with Crippen LogP contribution in [0, 0.1) is 11.6 Å². The number of hydrogen-bond donors (Lipinski definition) is 2. The fourth-order valence-electron chi connectivity index (χ4n) is 2.16. The van der Waals surface area contributed by atoms with Gasteiger partial charge in [0.15, 0.2) is 5.82 Å². The molecule has 0 aromatic heterocycles. The van der Waals surface area contributed by atoms with E-state index in [0.29, 0.717) is 12.5 Å². The maximum Gasteiger partial charge on any atom is 0.244 e. The quantitative estimate of drug-likeness (QED) is 0.878. The van der Waals surface area contributed by atoms with Crippen molar-refractivity contribution in [2.75, 3.05) is 11.9 Å². The molecule has 0 radical (unpaired) electrons. The van der Waals surface area contributed by atoms with E-state index in [2.05, 4.69) is 10.6 Å². The first-order valence-corrected chi connectivity index (χ1v) is 6.51. The number of carbonyl (C=O) groups is 1. The van der Waals surface area contributed by atoms with Crippen LogP contribution in [0.1, 0.15) is 26.2 Å². The van der Waals surface area contributed by atoms with Gasteiger partial charge >= 0.3 is 0 Å². The van der Waals surface area contributed by atoms with Crippen molar-refractivity contribution >= 4 is 23.2 Å². The van der Waals surface area contributed by atoms with Gasteiger partial charge in [-0.1, -0.05) is 11.6 Å². The summed E-state index contributed by atoms with van der Waals surface area (Å²) in [5.41, 5.74) is -0.927. The molecular weight excluding hydrogens is 274 g/mol. The molecule has 104 valence electrons. The molecule has 0 spiro atoms. The van der Waals surface area contributed by atoms with E-state index in [1.165, 1.54) is 0 Å². The minimum Gasteiger partial charge on any atom is -0.321 e. The van der Waals surface area contributed by atoms with Crippen LogP contribution in [0.5, 0.6) is 0 Å². The molecule has 6 heteroatoms. The molecule has 3 nitrogen and oxygen atoms in total. The highest BCUT2D eigenvalue weighted by atomic mass is 35.5. The Morgan fingerprint density at radius 1 is 1.42 bits per heavy atom. The summed E-state index contributed by atoms with van der Waals surface area (Å²) in [6.07, 6.45) is 2.60. The molecule has 1 fully saturated rings. The van der Waals surface area contributed by atoms with Crippen molar-refractivity contribution in [3.8, 4) is 0 Å². The van der Waals surface area contributed by atoms with Crippen molar-refractivity contribution in [3.05, 3.63) is 28.8 Å². The van der Waals surface area contributed by atoms with Crippen molar-refractivity contribution in [1.29, 1.82) is 0 Å². The molecule has 1 unspecified atom stereocenters. The summed E-state index contributed by atoms with van der Waals surface area (Å²) in [4.78, 5) is 12.2. The largest absolute Gasteiger partial charge is 0.321 e. The molecule has 0 saturated carbocycles. The fraction of sp³-hybridized carbons (Fsp3) is 0.462. The van der Waals surface area contributed by atoms with Crippen molar-refractivity contribution in [2.24, 2.45) is 0 Å². The second-order valence-electron chi connectivity index (χ2n) is 4.91. The Labute approximate surface area is 115 Å². The van der Waals surface area contributed by atoms with Gasteiger partial charge in [-0.25, -0.2) is 8.78 Å². The predicted molar refractivity (Wildman–Crippen MR) is 70.3 cm³/mol. The van der Waals surface area contributed by atoms with E-state index >= 15 is 0 Å². The average Bonchev–Trinajstić information content (AvgIpc) is 2.34. The van der Waals surface area contributed by atoms with Gasteiger partial charge in [0.1, 0.15) is 5.82 Å². The summed E-state index contributed by atoms with van der Waals surface area (Å²) in [6.45, 7) is 2.50. The number of anilines is 1. The highest BCUT2D eigenvalue weighted by Gasteiger charge is 2.34. The molecule has 0 bridgehead atoms. The van der Waals surface area contributed by atoms with Crippen LogP contribution in [0.3, 0.4) is 0 Å². The summed E-state index contributed by atoms with van der Waals surface area (Å²) in [5, 5.41) is 5.41. The number of amides is 1. The second-order valence-corrected chi connectivity index (χ2v) is 5.32. The zero-order chi connectivity index (χ0) is 14.0. The lowest BCUT2D eigenvalue weighted by Gasteiger charge is -2.33. The number of nitrogens with one attached hydrogen (secondary N) is 2. The van der Waals surface area contributed by atoms with Crippen LogP contribution in [0.2, 0.25) is 5.02 Å². The monoisotopic (exact) mass is 288 g/mol. The Morgan fingerprint density at radius 2 is 2.16 bits per heavy atom. The normalized spacial score (nSPS) is 23.2. The van der Waals surface area contributed by atoms with Crippen molar-refractivity contribution in [2.45, 2.75) is 31.7 Å². The van der Waals surface area contributed by atoms with Crippen LogP contribution in [-0.2, 0) is 4.79 Å². The topological polar surface area (TPSA) is 41.1 Å². The molecule has 0 aliphatic carbocycles. The lowest BCUT2D eigenvalue weighted by atomic mass is 9.90. The SMILES string of the molecule is CC1(C(=O)Nc2c(F)cc(F)cc2Cl)CCCCN1. The summed E-state index contributed by atoms with van der Waals surface area (Å²) < 4.78 is 26.5. The van der Waals surface area contributed by atoms with Crippen LogP contribution in [0.4, 0.5) is 14.5 Å². The first-order chi connectivity index (χ1) is 8.92. The van der Waals surface area contributed by atoms with E-state index in [1.807, 2.05) is 0 Å². The van der Waals surface area contributed by atoms with E-state index in [-0.39, 0.29) is 16.6 Å². The molecule has 2 N–H and O–H groups in total. The zero-order valence-corrected chi connectivity index (χ0v) is 11.3. The highest BCUT2D eigenvalue weighted by molar-refractivity contribution is 6.33. The molecule has 2 rings (SSSR count). The third kappa shape index (κ3) is 3.04. The van der Waals surface area contributed by atoms with E-state index in [4.69, 9.17) is 11.6 Å². The minimum atomic E-state index is -0.877. The lowest BCUT2D eigenvalue weighted by Crippen LogP contribution is -2.54. The Hall–Kier alpha value is -1.20. The molecule has 1 heterocycles. The Bertz CT molecular complexity index is 478. The Balaban J connectivity index is 2.19. The van der Waals surface area contributed by atoms with Crippen molar-refractivity contribution in [1.82, 2.24) is 5.32 Å². The van der Waals surface area contributed by atoms with Crippen LogP contribution in [0.15, 0.2) is 12.1 Å². The third-order valence-electron chi connectivity index (χ3n) is 3.37. The summed E-state index contributed by atoms with van der Waals surface area (Å²) in [6, 6.07) is 1.66. The smallest absolute Gasteiger partial charge is 0.244 e. The number of halogens is 3. The van der Waals surface area contributed by atoms with Gasteiger partial charge in [-0.3, -0.25) is 4.79 Å².